The minimum Gasteiger partial charge on any atom is -0.168 e. The van der Waals surface area contributed by atoms with E-state index in [9.17, 15) is 0 Å². The summed E-state index contributed by atoms with van der Waals surface area (Å²) < 4.78 is -0.248. The van der Waals surface area contributed by atoms with Crippen molar-refractivity contribution in [2.75, 3.05) is 0 Å². The minimum atomic E-state index is -0.248. The van der Waals surface area contributed by atoms with E-state index in [4.69, 9.17) is 23.2 Å². The van der Waals surface area contributed by atoms with Gasteiger partial charge in [-0.1, -0.05) is 23.2 Å². The molecule has 0 fully saturated rings. The summed E-state index contributed by atoms with van der Waals surface area (Å²) in [4.78, 5) is 0. The number of thiol groups is 1. The van der Waals surface area contributed by atoms with Gasteiger partial charge >= 0.3 is 0 Å². The smallest absolute Gasteiger partial charge is 0.0452 e. The predicted molar refractivity (Wildman–Crippen MR) is 58.5 cm³/mol. The van der Waals surface area contributed by atoms with E-state index < -0.39 is 0 Å². The number of rotatable bonds is 1. The Labute approximate surface area is 88.3 Å². The van der Waals surface area contributed by atoms with Gasteiger partial charge in [0.15, 0.2) is 0 Å². The normalized spacial score (nSPS) is 11.8. The van der Waals surface area contributed by atoms with Crippen molar-refractivity contribution in [2.24, 2.45) is 0 Å². The van der Waals surface area contributed by atoms with E-state index in [2.05, 4.69) is 12.6 Å². The lowest BCUT2D eigenvalue weighted by molar-refractivity contribution is 0.791. The van der Waals surface area contributed by atoms with Gasteiger partial charge in [0.05, 0.1) is 0 Å². The van der Waals surface area contributed by atoms with Crippen LogP contribution in [0.5, 0.6) is 0 Å². The van der Waals surface area contributed by atoms with E-state index in [0.29, 0.717) is 10.0 Å². The van der Waals surface area contributed by atoms with Gasteiger partial charge in [-0.05, 0) is 37.6 Å². The predicted octanol–water partition coefficient (Wildman–Crippen LogP) is 4.16. The summed E-state index contributed by atoms with van der Waals surface area (Å²) in [5.74, 6) is 0. The summed E-state index contributed by atoms with van der Waals surface area (Å²) in [7, 11) is 0. The number of halogens is 2. The molecule has 0 bridgehead atoms. The fourth-order valence-electron chi connectivity index (χ4n) is 0.966. The number of hydrogen-bond donors (Lipinski definition) is 1. The van der Waals surface area contributed by atoms with Crippen LogP contribution < -0.4 is 0 Å². The average Bonchev–Trinajstić information content (AvgIpc) is 1.92. The topological polar surface area (TPSA) is 0 Å². The monoisotopic (exact) mass is 220 g/mol. The van der Waals surface area contributed by atoms with Crippen molar-refractivity contribution in [3.05, 3.63) is 33.8 Å². The maximum Gasteiger partial charge on any atom is 0.0452 e. The van der Waals surface area contributed by atoms with E-state index >= 15 is 0 Å². The van der Waals surface area contributed by atoms with Crippen LogP contribution in [-0.2, 0) is 4.75 Å². The molecular weight excluding hydrogens is 211 g/mol. The van der Waals surface area contributed by atoms with Crippen LogP contribution in [-0.4, -0.2) is 0 Å². The SMILES string of the molecule is CC(C)(S)c1cc(Cl)ccc1Cl. The molecule has 12 heavy (non-hydrogen) atoms. The molecule has 0 saturated heterocycles. The minimum absolute atomic E-state index is 0.248. The van der Waals surface area contributed by atoms with E-state index in [1.165, 1.54) is 0 Å². The molecule has 0 spiro atoms. The van der Waals surface area contributed by atoms with Gasteiger partial charge in [-0.2, -0.15) is 12.6 Å². The molecule has 1 aromatic rings. The van der Waals surface area contributed by atoms with Crippen LogP contribution in [0.1, 0.15) is 19.4 Å². The maximum absolute atomic E-state index is 5.97. The number of hydrogen-bond acceptors (Lipinski definition) is 1. The summed E-state index contributed by atoms with van der Waals surface area (Å²) in [6.07, 6.45) is 0. The fourth-order valence-corrected chi connectivity index (χ4v) is 1.74. The lowest BCUT2D eigenvalue weighted by atomic mass is 10.0. The van der Waals surface area contributed by atoms with Crippen LogP contribution in [0.2, 0.25) is 10.0 Å². The van der Waals surface area contributed by atoms with Crippen LogP contribution in [0.3, 0.4) is 0 Å². The summed E-state index contributed by atoms with van der Waals surface area (Å²) in [5.41, 5.74) is 0.958. The molecule has 1 rings (SSSR count). The van der Waals surface area contributed by atoms with Gasteiger partial charge in [-0.3, -0.25) is 0 Å². The Morgan fingerprint density at radius 1 is 1.25 bits per heavy atom. The quantitative estimate of drug-likeness (QED) is 0.676. The molecule has 0 aliphatic rings. The second-order valence-corrected chi connectivity index (χ2v) is 5.14. The lowest BCUT2D eigenvalue weighted by Gasteiger charge is -2.19. The maximum atomic E-state index is 5.97. The van der Waals surface area contributed by atoms with Gasteiger partial charge in [0.2, 0.25) is 0 Å². The zero-order valence-electron chi connectivity index (χ0n) is 6.94. The first-order valence-corrected chi connectivity index (χ1v) is 4.79. The fraction of sp³-hybridized carbons (Fsp3) is 0.333. The molecule has 3 heteroatoms. The summed E-state index contributed by atoms with van der Waals surface area (Å²) >= 11 is 16.2. The molecule has 0 atom stereocenters. The van der Waals surface area contributed by atoms with Crippen LogP contribution in [0.15, 0.2) is 18.2 Å². The van der Waals surface area contributed by atoms with Gasteiger partial charge in [0, 0.05) is 14.8 Å². The third-order valence-electron chi connectivity index (χ3n) is 1.59. The Bertz CT molecular complexity index is 289. The zero-order valence-corrected chi connectivity index (χ0v) is 9.34. The van der Waals surface area contributed by atoms with Crippen molar-refractivity contribution in [2.45, 2.75) is 18.6 Å². The van der Waals surface area contributed by atoms with E-state index in [1.807, 2.05) is 19.9 Å². The highest BCUT2D eigenvalue weighted by Gasteiger charge is 2.18. The van der Waals surface area contributed by atoms with Gasteiger partial charge in [0.1, 0.15) is 0 Å². The molecular formula is C9H10Cl2S. The molecule has 0 amide bonds. The zero-order chi connectivity index (χ0) is 9.35. The molecule has 0 saturated carbocycles. The van der Waals surface area contributed by atoms with Crippen LogP contribution in [0, 0.1) is 0 Å². The second kappa shape index (κ2) is 3.49. The molecule has 0 N–H and O–H groups in total. The molecule has 0 aliphatic heterocycles. The van der Waals surface area contributed by atoms with Gasteiger partial charge in [-0.15, -0.1) is 0 Å². The van der Waals surface area contributed by atoms with Crippen molar-refractivity contribution < 1.29 is 0 Å². The van der Waals surface area contributed by atoms with E-state index in [-0.39, 0.29) is 4.75 Å². The van der Waals surface area contributed by atoms with Crippen molar-refractivity contribution in [3.63, 3.8) is 0 Å². The van der Waals surface area contributed by atoms with Crippen LogP contribution in [0.4, 0.5) is 0 Å². The second-order valence-electron chi connectivity index (χ2n) is 3.18. The Morgan fingerprint density at radius 2 is 1.83 bits per heavy atom. The molecule has 0 heterocycles. The molecule has 0 unspecified atom stereocenters. The molecule has 0 nitrogen and oxygen atoms in total. The van der Waals surface area contributed by atoms with Gasteiger partial charge in [0.25, 0.3) is 0 Å². The van der Waals surface area contributed by atoms with Crippen molar-refractivity contribution in [1.82, 2.24) is 0 Å². The Morgan fingerprint density at radius 3 is 2.25 bits per heavy atom. The first-order chi connectivity index (χ1) is 5.41. The third-order valence-corrected chi connectivity index (χ3v) is 2.39. The first kappa shape index (κ1) is 10.2. The van der Waals surface area contributed by atoms with Gasteiger partial charge < -0.3 is 0 Å². The summed E-state index contributed by atoms with van der Waals surface area (Å²) in [6.45, 7) is 3.96. The number of benzene rings is 1. The first-order valence-electron chi connectivity index (χ1n) is 3.59. The van der Waals surface area contributed by atoms with E-state index in [0.717, 1.165) is 5.56 Å². The van der Waals surface area contributed by atoms with Crippen LogP contribution >= 0.6 is 35.8 Å². The van der Waals surface area contributed by atoms with Crippen molar-refractivity contribution in [3.8, 4) is 0 Å². The van der Waals surface area contributed by atoms with E-state index in [1.54, 1.807) is 12.1 Å². The highest BCUT2D eigenvalue weighted by molar-refractivity contribution is 7.81. The molecule has 66 valence electrons. The Balaban J connectivity index is 3.23. The van der Waals surface area contributed by atoms with Crippen molar-refractivity contribution >= 4 is 35.8 Å². The lowest BCUT2D eigenvalue weighted by Crippen LogP contribution is -2.08. The standard InChI is InChI=1S/C9H10Cl2S/c1-9(2,12)7-5-6(10)3-4-8(7)11/h3-5,12H,1-2H3. The summed E-state index contributed by atoms with van der Waals surface area (Å²) in [6, 6.07) is 5.40. The highest BCUT2D eigenvalue weighted by atomic mass is 35.5. The third kappa shape index (κ3) is 2.32. The highest BCUT2D eigenvalue weighted by Crippen LogP contribution is 2.34. The van der Waals surface area contributed by atoms with Crippen molar-refractivity contribution in [1.29, 1.82) is 0 Å². The van der Waals surface area contributed by atoms with Gasteiger partial charge in [-0.25, -0.2) is 0 Å². The van der Waals surface area contributed by atoms with Crippen LogP contribution in [0.25, 0.3) is 0 Å². The summed E-state index contributed by atoms with van der Waals surface area (Å²) in [5, 5.41) is 1.40. The molecule has 0 aliphatic carbocycles. The molecule has 0 radical (unpaired) electrons. The largest absolute Gasteiger partial charge is 0.168 e. The average molecular weight is 221 g/mol. The molecule has 1 aromatic carbocycles. The Hall–Kier alpha value is 0.150. The Kier molecular flexibility index (Phi) is 2.97. The molecule has 0 aromatic heterocycles.